The number of anilines is 2. The molecule has 0 saturated carbocycles. The maximum atomic E-state index is 6.21. The number of aryl methyl sites for hydroxylation is 1. The molecule has 4 N–H and O–H groups in total. The standard InChI is InChI=1S/C23H22N6/c1-29-9-7-18-12-16(3-5-21(18)29)13-26-23-27-14-19(22(24)28-23)11-15-2-4-20-17(10-15)6-8-25-20/h2-10,12,14,25H,11,13H2,1H3,(H3,24,26,27,28). The number of nitrogens with zero attached hydrogens (tertiary/aromatic N) is 3. The Bertz CT molecular complexity index is 1310. The predicted octanol–water partition coefficient (Wildman–Crippen LogP) is 4.23. The third-order valence-corrected chi connectivity index (χ3v) is 5.31. The number of benzene rings is 2. The van der Waals surface area contributed by atoms with Crippen LogP contribution in [-0.4, -0.2) is 19.5 Å². The van der Waals surface area contributed by atoms with Crippen molar-refractivity contribution in [1.82, 2.24) is 19.5 Å². The molecule has 6 nitrogen and oxygen atoms in total. The van der Waals surface area contributed by atoms with Gasteiger partial charge in [-0.3, -0.25) is 0 Å². The van der Waals surface area contributed by atoms with Crippen molar-refractivity contribution in [3.63, 3.8) is 0 Å². The van der Waals surface area contributed by atoms with Crippen LogP contribution >= 0.6 is 0 Å². The Morgan fingerprint density at radius 1 is 1.03 bits per heavy atom. The number of nitrogen functional groups attached to an aromatic ring is 1. The summed E-state index contributed by atoms with van der Waals surface area (Å²) in [5, 5.41) is 5.69. The van der Waals surface area contributed by atoms with E-state index in [1.54, 1.807) is 0 Å². The molecule has 0 atom stereocenters. The summed E-state index contributed by atoms with van der Waals surface area (Å²) in [7, 11) is 2.05. The lowest BCUT2D eigenvalue weighted by molar-refractivity contribution is 0.968. The molecule has 3 heterocycles. The summed E-state index contributed by atoms with van der Waals surface area (Å²) in [6.07, 6.45) is 6.53. The average molecular weight is 382 g/mol. The van der Waals surface area contributed by atoms with Gasteiger partial charge in [0.15, 0.2) is 0 Å². The van der Waals surface area contributed by atoms with Crippen LogP contribution in [-0.2, 0) is 20.0 Å². The maximum absolute atomic E-state index is 6.21. The number of aromatic amines is 1. The second kappa shape index (κ2) is 6.98. The SMILES string of the molecule is Cn1ccc2cc(CNc3ncc(Cc4ccc5[nH]ccc5c4)c(N)n3)ccc21. The molecule has 0 aliphatic carbocycles. The third kappa shape index (κ3) is 3.40. The monoisotopic (exact) mass is 382 g/mol. The summed E-state index contributed by atoms with van der Waals surface area (Å²) in [6.45, 7) is 0.647. The van der Waals surface area contributed by atoms with Crippen molar-refractivity contribution in [2.45, 2.75) is 13.0 Å². The van der Waals surface area contributed by atoms with Gasteiger partial charge >= 0.3 is 0 Å². The Morgan fingerprint density at radius 2 is 1.90 bits per heavy atom. The van der Waals surface area contributed by atoms with E-state index in [0.717, 1.165) is 11.1 Å². The third-order valence-electron chi connectivity index (χ3n) is 5.31. The van der Waals surface area contributed by atoms with Gasteiger partial charge in [0.05, 0.1) is 0 Å². The first-order valence-corrected chi connectivity index (χ1v) is 9.61. The Hall–Kier alpha value is -3.80. The molecular weight excluding hydrogens is 360 g/mol. The summed E-state index contributed by atoms with van der Waals surface area (Å²) in [4.78, 5) is 12.1. The summed E-state index contributed by atoms with van der Waals surface area (Å²) in [5.41, 5.74) is 11.8. The normalized spacial score (nSPS) is 11.3. The summed E-state index contributed by atoms with van der Waals surface area (Å²) < 4.78 is 2.11. The zero-order valence-corrected chi connectivity index (χ0v) is 16.2. The fraction of sp³-hybridized carbons (Fsp3) is 0.130. The van der Waals surface area contributed by atoms with E-state index in [1.807, 2.05) is 12.4 Å². The number of aromatic nitrogens is 4. The van der Waals surface area contributed by atoms with Crippen LogP contribution in [0, 0.1) is 0 Å². The minimum atomic E-state index is 0.509. The van der Waals surface area contributed by atoms with Crippen molar-refractivity contribution in [3.05, 3.63) is 83.8 Å². The first-order valence-electron chi connectivity index (χ1n) is 9.61. The van der Waals surface area contributed by atoms with Crippen LogP contribution in [0.3, 0.4) is 0 Å². The molecule has 2 aromatic carbocycles. The van der Waals surface area contributed by atoms with E-state index < -0.39 is 0 Å². The van der Waals surface area contributed by atoms with E-state index in [0.29, 0.717) is 24.7 Å². The van der Waals surface area contributed by atoms with Gasteiger partial charge in [-0.1, -0.05) is 12.1 Å². The van der Waals surface area contributed by atoms with Crippen LogP contribution in [0.5, 0.6) is 0 Å². The van der Waals surface area contributed by atoms with Gasteiger partial charge in [-0.2, -0.15) is 4.98 Å². The van der Waals surface area contributed by atoms with Crippen molar-refractivity contribution in [3.8, 4) is 0 Å². The molecule has 0 unspecified atom stereocenters. The average Bonchev–Trinajstić information content (AvgIpc) is 3.34. The van der Waals surface area contributed by atoms with E-state index in [-0.39, 0.29) is 0 Å². The van der Waals surface area contributed by atoms with Crippen molar-refractivity contribution < 1.29 is 0 Å². The van der Waals surface area contributed by atoms with Crippen molar-refractivity contribution in [1.29, 1.82) is 0 Å². The van der Waals surface area contributed by atoms with Gasteiger partial charge in [-0.25, -0.2) is 4.98 Å². The van der Waals surface area contributed by atoms with Crippen LogP contribution in [0.15, 0.2) is 67.1 Å². The van der Waals surface area contributed by atoms with Crippen molar-refractivity contribution >= 4 is 33.6 Å². The van der Waals surface area contributed by atoms with Gasteiger partial charge in [0, 0.05) is 55.2 Å². The van der Waals surface area contributed by atoms with Gasteiger partial charge in [0.2, 0.25) is 5.95 Å². The first kappa shape index (κ1) is 17.3. The molecule has 29 heavy (non-hydrogen) atoms. The number of nitrogens with two attached hydrogens (primary N) is 1. The molecule has 0 aliphatic rings. The highest BCUT2D eigenvalue weighted by molar-refractivity contribution is 5.81. The predicted molar refractivity (Wildman–Crippen MR) is 118 cm³/mol. The molecule has 0 saturated heterocycles. The number of H-pyrrole nitrogens is 1. The van der Waals surface area contributed by atoms with E-state index in [1.165, 1.54) is 27.4 Å². The zero-order chi connectivity index (χ0) is 19.8. The number of nitrogens with one attached hydrogen (secondary N) is 2. The Labute approximate surface area is 168 Å². The van der Waals surface area contributed by atoms with Crippen LogP contribution in [0.1, 0.15) is 16.7 Å². The smallest absolute Gasteiger partial charge is 0.224 e. The number of hydrogen-bond donors (Lipinski definition) is 3. The fourth-order valence-electron chi connectivity index (χ4n) is 3.70. The molecule has 0 amide bonds. The number of fused-ring (bicyclic) bond motifs is 2. The molecule has 5 aromatic rings. The molecule has 5 rings (SSSR count). The lowest BCUT2D eigenvalue weighted by Gasteiger charge is -2.09. The van der Waals surface area contributed by atoms with Crippen molar-refractivity contribution in [2.24, 2.45) is 7.05 Å². The largest absolute Gasteiger partial charge is 0.383 e. The van der Waals surface area contributed by atoms with Gasteiger partial charge < -0.3 is 20.6 Å². The van der Waals surface area contributed by atoms with Crippen LogP contribution in [0.25, 0.3) is 21.8 Å². The van der Waals surface area contributed by atoms with Gasteiger partial charge in [-0.15, -0.1) is 0 Å². The van der Waals surface area contributed by atoms with Gasteiger partial charge in [0.1, 0.15) is 5.82 Å². The minimum Gasteiger partial charge on any atom is -0.383 e. The Morgan fingerprint density at radius 3 is 2.79 bits per heavy atom. The molecule has 144 valence electrons. The molecule has 0 aliphatic heterocycles. The van der Waals surface area contributed by atoms with E-state index in [2.05, 4.69) is 86.6 Å². The van der Waals surface area contributed by atoms with E-state index in [4.69, 9.17) is 5.73 Å². The molecule has 3 aromatic heterocycles. The second-order valence-electron chi connectivity index (χ2n) is 7.35. The summed E-state index contributed by atoms with van der Waals surface area (Å²) >= 11 is 0. The summed E-state index contributed by atoms with van der Waals surface area (Å²) in [6, 6.07) is 17.0. The van der Waals surface area contributed by atoms with Gasteiger partial charge in [0.25, 0.3) is 0 Å². The van der Waals surface area contributed by atoms with E-state index >= 15 is 0 Å². The molecule has 0 bridgehead atoms. The highest BCUT2D eigenvalue weighted by atomic mass is 15.1. The van der Waals surface area contributed by atoms with Crippen LogP contribution in [0.2, 0.25) is 0 Å². The molecule has 0 spiro atoms. The maximum Gasteiger partial charge on any atom is 0.224 e. The quantitative estimate of drug-likeness (QED) is 0.425. The van der Waals surface area contributed by atoms with Gasteiger partial charge in [-0.05, 0) is 58.3 Å². The highest BCUT2D eigenvalue weighted by Crippen LogP contribution is 2.20. The highest BCUT2D eigenvalue weighted by Gasteiger charge is 2.07. The lowest BCUT2D eigenvalue weighted by Crippen LogP contribution is -2.07. The van der Waals surface area contributed by atoms with E-state index in [9.17, 15) is 0 Å². The minimum absolute atomic E-state index is 0.509. The van der Waals surface area contributed by atoms with Crippen LogP contribution < -0.4 is 11.1 Å². The lowest BCUT2D eigenvalue weighted by atomic mass is 10.1. The zero-order valence-electron chi connectivity index (χ0n) is 16.2. The summed E-state index contributed by atoms with van der Waals surface area (Å²) in [5.74, 6) is 1.05. The number of rotatable bonds is 5. The Balaban J connectivity index is 1.29. The number of hydrogen-bond acceptors (Lipinski definition) is 4. The second-order valence-corrected chi connectivity index (χ2v) is 7.35. The molecule has 6 heteroatoms. The van der Waals surface area contributed by atoms with Crippen molar-refractivity contribution in [2.75, 3.05) is 11.1 Å². The molecule has 0 fully saturated rings. The van der Waals surface area contributed by atoms with Crippen LogP contribution in [0.4, 0.5) is 11.8 Å². The molecule has 0 radical (unpaired) electrons. The Kier molecular flexibility index (Phi) is 4.17. The topological polar surface area (TPSA) is 84.5 Å². The fourth-order valence-corrected chi connectivity index (χ4v) is 3.70. The molecular formula is C23H22N6. The first-order chi connectivity index (χ1) is 14.2.